The van der Waals surface area contributed by atoms with Crippen molar-refractivity contribution in [1.29, 1.82) is 0 Å². The summed E-state index contributed by atoms with van der Waals surface area (Å²) in [6.45, 7) is 0. The van der Waals surface area contributed by atoms with Crippen LogP contribution in [0.15, 0.2) is 36.8 Å². The van der Waals surface area contributed by atoms with Gasteiger partial charge < -0.3 is 16.8 Å². The van der Waals surface area contributed by atoms with Crippen LogP contribution in [0.5, 0.6) is 0 Å². The third-order valence-corrected chi connectivity index (χ3v) is 2.13. The average Bonchev–Trinajstić information content (AvgIpc) is 2.32. The van der Waals surface area contributed by atoms with Crippen LogP contribution < -0.4 is 16.8 Å². The largest absolute Gasteiger partial charge is 0.397 e. The quantitative estimate of drug-likeness (QED) is 0.724. The van der Waals surface area contributed by atoms with Gasteiger partial charge in [0.2, 0.25) is 0 Å². The van der Waals surface area contributed by atoms with Crippen molar-refractivity contribution in [3.63, 3.8) is 0 Å². The van der Waals surface area contributed by atoms with Crippen LogP contribution in [0, 0.1) is 0 Å². The maximum absolute atomic E-state index is 11.1. The third-order valence-electron chi connectivity index (χ3n) is 2.13. The van der Waals surface area contributed by atoms with Crippen LogP contribution in [-0.4, -0.2) is 15.9 Å². The number of pyridine rings is 2. The Morgan fingerprint density at radius 1 is 1.35 bits per heavy atom. The molecule has 0 bridgehead atoms. The lowest BCUT2D eigenvalue weighted by Crippen LogP contribution is -2.14. The summed E-state index contributed by atoms with van der Waals surface area (Å²) in [7, 11) is 0. The van der Waals surface area contributed by atoms with Crippen molar-refractivity contribution in [3.05, 3.63) is 42.4 Å². The Labute approximate surface area is 97.7 Å². The standard InChI is InChI=1S/C11H11N5O/c12-9-6-15-10(4-8(9)11(13)17)16-7-2-1-3-14-5-7/h1-6H,12H2,(H2,13,17)(H,15,16). The highest BCUT2D eigenvalue weighted by atomic mass is 16.1. The van der Waals surface area contributed by atoms with Crippen molar-refractivity contribution >= 4 is 23.1 Å². The van der Waals surface area contributed by atoms with Gasteiger partial charge in [0.15, 0.2) is 0 Å². The van der Waals surface area contributed by atoms with Crippen molar-refractivity contribution in [2.45, 2.75) is 0 Å². The molecule has 0 spiro atoms. The molecule has 0 unspecified atom stereocenters. The van der Waals surface area contributed by atoms with Gasteiger partial charge in [-0.25, -0.2) is 4.98 Å². The van der Waals surface area contributed by atoms with E-state index in [0.717, 1.165) is 5.69 Å². The molecule has 0 aliphatic rings. The zero-order chi connectivity index (χ0) is 12.3. The number of carbonyl (C=O) groups is 1. The second kappa shape index (κ2) is 4.48. The molecule has 2 rings (SSSR count). The normalized spacial score (nSPS) is 9.88. The number of rotatable bonds is 3. The number of anilines is 3. The minimum Gasteiger partial charge on any atom is -0.397 e. The molecule has 17 heavy (non-hydrogen) atoms. The maximum atomic E-state index is 11.1. The molecule has 2 heterocycles. The summed E-state index contributed by atoms with van der Waals surface area (Å²) in [5.74, 6) is -0.0971. The fourth-order valence-electron chi connectivity index (χ4n) is 1.33. The monoisotopic (exact) mass is 229 g/mol. The molecule has 0 atom stereocenters. The Morgan fingerprint density at radius 2 is 2.18 bits per heavy atom. The van der Waals surface area contributed by atoms with Crippen LogP contribution in [0.1, 0.15) is 10.4 Å². The first kappa shape index (κ1) is 10.9. The number of nitrogens with one attached hydrogen (secondary N) is 1. The number of hydrogen-bond acceptors (Lipinski definition) is 5. The molecule has 0 saturated heterocycles. The molecular weight excluding hydrogens is 218 g/mol. The number of carbonyl (C=O) groups excluding carboxylic acids is 1. The molecule has 2 aromatic rings. The van der Waals surface area contributed by atoms with E-state index in [9.17, 15) is 4.79 Å². The SMILES string of the molecule is NC(=O)c1cc(Nc2cccnc2)ncc1N. The van der Waals surface area contributed by atoms with Gasteiger partial charge in [0.25, 0.3) is 5.91 Å². The summed E-state index contributed by atoms with van der Waals surface area (Å²) >= 11 is 0. The Balaban J connectivity index is 2.29. The van der Waals surface area contributed by atoms with Crippen molar-refractivity contribution in [2.24, 2.45) is 5.73 Å². The summed E-state index contributed by atoms with van der Waals surface area (Å²) in [4.78, 5) is 19.1. The number of nitrogens with zero attached hydrogens (tertiary/aromatic N) is 2. The predicted octanol–water partition coefficient (Wildman–Crippen LogP) is 0.901. The van der Waals surface area contributed by atoms with Gasteiger partial charge in [0, 0.05) is 6.20 Å². The molecule has 5 N–H and O–H groups in total. The maximum Gasteiger partial charge on any atom is 0.250 e. The van der Waals surface area contributed by atoms with Crippen molar-refractivity contribution < 1.29 is 4.79 Å². The van der Waals surface area contributed by atoms with Gasteiger partial charge in [-0.2, -0.15) is 0 Å². The first-order valence-electron chi connectivity index (χ1n) is 4.89. The van der Waals surface area contributed by atoms with Gasteiger partial charge in [-0.1, -0.05) is 0 Å². The molecule has 0 saturated carbocycles. The molecule has 0 radical (unpaired) electrons. The molecule has 6 heteroatoms. The van der Waals surface area contributed by atoms with Crippen molar-refractivity contribution in [1.82, 2.24) is 9.97 Å². The zero-order valence-electron chi connectivity index (χ0n) is 8.92. The molecule has 6 nitrogen and oxygen atoms in total. The van der Waals surface area contributed by atoms with E-state index in [4.69, 9.17) is 11.5 Å². The smallest absolute Gasteiger partial charge is 0.250 e. The Morgan fingerprint density at radius 3 is 2.82 bits per heavy atom. The van der Waals surface area contributed by atoms with Crippen LogP contribution in [-0.2, 0) is 0 Å². The number of amides is 1. The van der Waals surface area contributed by atoms with E-state index < -0.39 is 5.91 Å². The van der Waals surface area contributed by atoms with Gasteiger partial charge in [-0.15, -0.1) is 0 Å². The van der Waals surface area contributed by atoms with Crippen LogP contribution in [0.3, 0.4) is 0 Å². The van der Waals surface area contributed by atoms with Crippen LogP contribution in [0.2, 0.25) is 0 Å². The van der Waals surface area contributed by atoms with E-state index in [1.165, 1.54) is 12.3 Å². The van der Waals surface area contributed by atoms with Crippen molar-refractivity contribution in [2.75, 3.05) is 11.1 Å². The fourth-order valence-corrected chi connectivity index (χ4v) is 1.33. The lowest BCUT2D eigenvalue weighted by atomic mass is 10.2. The third kappa shape index (κ3) is 2.49. The average molecular weight is 229 g/mol. The minimum absolute atomic E-state index is 0.242. The molecule has 0 fully saturated rings. The summed E-state index contributed by atoms with van der Waals surface area (Å²) in [6, 6.07) is 5.12. The summed E-state index contributed by atoms with van der Waals surface area (Å²) < 4.78 is 0. The van der Waals surface area contributed by atoms with E-state index in [-0.39, 0.29) is 11.3 Å². The molecular formula is C11H11N5O. The number of aromatic nitrogens is 2. The van der Waals surface area contributed by atoms with Gasteiger partial charge in [0.1, 0.15) is 5.82 Å². The van der Waals surface area contributed by atoms with Crippen LogP contribution in [0.4, 0.5) is 17.2 Å². The number of hydrogen-bond donors (Lipinski definition) is 3. The molecule has 86 valence electrons. The Bertz CT molecular complexity index is 541. The number of nitrogens with two attached hydrogens (primary N) is 2. The van der Waals surface area contributed by atoms with Gasteiger partial charge >= 0.3 is 0 Å². The second-order valence-electron chi connectivity index (χ2n) is 3.39. The molecule has 0 aliphatic carbocycles. The van der Waals surface area contributed by atoms with Gasteiger partial charge in [-0.3, -0.25) is 9.78 Å². The van der Waals surface area contributed by atoms with E-state index in [2.05, 4.69) is 15.3 Å². The van der Waals surface area contributed by atoms with Gasteiger partial charge in [-0.05, 0) is 18.2 Å². The highest BCUT2D eigenvalue weighted by Crippen LogP contribution is 2.17. The van der Waals surface area contributed by atoms with Crippen LogP contribution >= 0.6 is 0 Å². The Hall–Kier alpha value is -2.63. The van der Waals surface area contributed by atoms with Gasteiger partial charge in [0.05, 0.1) is 29.3 Å². The fraction of sp³-hybridized carbons (Fsp3) is 0. The van der Waals surface area contributed by atoms with Crippen LogP contribution in [0.25, 0.3) is 0 Å². The van der Waals surface area contributed by atoms with E-state index in [1.807, 2.05) is 6.07 Å². The highest BCUT2D eigenvalue weighted by molar-refractivity contribution is 5.98. The Kier molecular flexibility index (Phi) is 2.87. The first-order chi connectivity index (χ1) is 8.16. The lowest BCUT2D eigenvalue weighted by molar-refractivity contribution is 0.100. The molecule has 0 aliphatic heterocycles. The van der Waals surface area contributed by atoms with E-state index in [1.54, 1.807) is 18.5 Å². The van der Waals surface area contributed by atoms with E-state index in [0.29, 0.717) is 5.82 Å². The minimum atomic E-state index is -0.584. The summed E-state index contributed by atoms with van der Waals surface area (Å²) in [5.41, 5.74) is 12.0. The molecule has 1 amide bonds. The molecule has 2 aromatic heterocycles. The number of primary amides is 1. The topological polar surface area (TPSA) is 107 Å². The first-order valence-corrected chi connectivity index (χ1v) is 4.89. The predicted molar refractivity (Wildman–Crippen MR) is 64.7 cm³/mol. The number of nitrogen functional groups attached to an aromatic ring is 1. The molecule has 0 aromatic carbocycles. The van der Waals surface area contributed by atoms with Crippen molar-refractivity contribution in [3.8, 4) is 0 Å². The van der Waals surface area contributed by atoms with E-state index >= 15 is 0 Å². The highest BCUT2D eigenvalue weighted by Gasteiger charge is 2.07. The summed E-state index contributed by atoms with van der Waals surface area (Å²) in [6.07, 6.45) is 4.69. The zero-order valence-corrected chi connectivity index (χ0v) is 8.92. The summed E-state index contributed by atoms with van der Waals surface area (Å²) in [5, 5.41) is 2.99. The second-order valence-corrected chi connectivity index (χ2v) is 3.39. The lowest BCUT2D eigenvalue weighted by Gasteiger charge is -2.07.